The van der Waals surface area contributed by atoms with Gasteiger partial charge in [-0.05, 0) is 12.8 Å². The van der Waals surface area contributed by atoms with Crippen LogP contribution in [0.15, 0.2) is 30.2 Å². The van der Waals surface area contributed by atoms with E-state index in [1.165, 1.54) is 48.1 Å². The first-order valence-electron chi connectivity index (χ1n) is 8.02. The van der Waals surface area contributed by atoms with Crippen LogP contribution >= 0.6 is 11.8 Å². The quantitative estimate of drug-likeness (QED) is 0.330. The van der Waals surface area contributed by atoms with Crippen molar-refractivity contribution in [1.29, 1.82) is 0 Å². The maximum absolute atomic E-state index is 10.7. The van der Waals surface area contributed by atoms with E-state index in [0.29, 0.717) is 18.3 Å². The smallest absolute Gasteiger partial charge is 0.302 e. The van der Waals surface area contributed by atoms with Gasteiger partial charge < -0.3 is 4.57 Å². The van der Waals surface area contributed by atoms with E-state index in [1.807, 2.05) is 6.08 Å². The zero-order chi connectivity index (χ0) is 16.9. The first-order chi connectivity index (χ1) is 11.7. The summed E-state index contributed by atoms with van der Waals surface area (Å²) < 4.78 is 3.64. The first-order valence-corrected chi connectivity index (χ1v) is 9.01. The molecule has 2 heterocycles. The molecule has 0 saturated heterocycles. The Kier molecular flexibility index (Phi) is 5.29. The second-order valence-corrected chi connectivity index (χ2v) is 6.76. The Bertz CT molecular complexity index is 719. The summed E-state index contributed by atoms with van der Waals surface area (Å²) in [5.74, 6) is 1.95. The number of thioether (sulfide) groups is 1. The van der Waals surface area contributed by atoms with Crippen molar-refractivity contribution in [2.75, 3.05) is 0 Å². The van der Waals surface area contributed by atoms with Crippen LogP contribution in [-0.4, -0.2) is 29.5 Å². The Morgan fingerprint density at radius 3 is 2.83 bits per heavy atom. The van der Waals surface area contributed by atoms with Crippen LogP contribution in [0.5, 0.6) is 0 Å². The molecule has 1 fully saturated rings. The number of aromatic nitrogens is 5. The number of allylic oxidation sites excluding steroid dienone is 1. The lowest BCUT2D eigenvalue weighted by molar-refractivity contribution is -0.385. The normalized spacial score (nSPS) is 15.5. The van der Waals surface area contributed by atoms with E-state index in [2.05, 4.69) is 26.4 Å². The molecule has 0 bridgehead atoms. The van der Waals surface area contributed by atoms with Gasteiger partial charge in [0, 0.05) is 12.5 Å². The third-order valence-electron chi connectivity index (χ3n) is 4.18. The van der Waals surface area contributed by atoms with Gasteiger partial charge in [0.25, 0.3) is 0 Å². The summed E-state index contributed by atoms with van der Waals surface area (Å²) in [4.78, 5) is 10.3. The van der Waals surface area contributed by atoms with E-state index >= 15 is 0 Å². The zero-order valence-electron chi connectivity index (χ0n) is 13.4. The molecule has 0 atom stereocenters. The van der Waals surface area contributed by atoms with E-state index in [9.17, 15) is 10.1 Å². The molecule has 9 heteroatoms. The number of hydrogen-bond donors (Lipinski definition) is 0. The van der Waals surface area contributed by atoms with Gasteiger partial charge in [0.2, 0.25) is 0 Å². The monoisotopic (exact) mass is 348 g/mol. The second kappa shape index (κ2) is 7.61. The maximum Gasteiger partial charge on any atom is 0.307 e. The van der Waals surface area contributed by atoms with Crippen molar-refractivity contribution in [2.45, 2.75) is 55.6 Å². The molecule has 128 valence electrons. The summed E-state index contributed by atoms with van der Waals surface area (Å²) >= 11 is 1.47. The number of nitro groups is 1. The summed E-state index contributed by atoms with van der Waals surface area (Å²) in [6, 6.07) is 0. The molecule has 0 unspecified atom stereocenters. The van der Waals surface area contributed by atoms with E-state index in [1.54, 1.807) is 0 Å². The minimum absolute atomic E-state index is 0.00828. The standard InChI is InChI=1S/C15H20N6O2S/c1-2-8-20-14(12-6-4-3-5-7-12)17-18-15(20)24-11-19-10-13(9-16-19)21(22)23/h2,9-10,12H,1,3-8,11H2. The van der Waals surface area contributed by atoms with Crippen LogP contribution in [0.2, 0.25) is 0 Å². The fraction of sp³-hybridized carbons (Fsp3) is 0.533. The third-order valence-corrected chi connectivity index (χ3v) is 5.14. The molecule has 1 aliphatic carbocycles. The number of nitrogens with zero attached hydrogens (tertiary/aromatic N) is 6. The summed E-state index contributed by atoms with van der Waals surface area (Å²) in [6.07, 6.45) is 10.6. The van der Waals surface area contributed by atoms with Crippen LogP contribution in [0.1, 0.15) is 43.8 Å². The van der Waals surface area contributed by atoms with Gasteiger partial charge in [0.1, 0.15) is 18.2 Å². The minimum atomic E-state index is -0.449. The minimum Gasteiger partial charge on any atom is -0.302 e. The van der Waals surface area contributed by atoms with Crippen molar-refractivity contribution < 1.29 is 4.92 Å². The van der Waals surface area contributed by atoms with Crippen LogP contribution in [-0.2, 0) is 12.4 Å². The van der Waals surface area contributed by atoms with Gasteiger partial charge in [-0.3, -0.25) is 14.8 Å². The lowest BCUT2D eigenvalue weighted by Gasteiger charge is -2.21. The van der Waals surface area contributed by atoms with Gasteiger partial charge in [0.05, 0.1) is 10.8 Å². The Labute approximate surface area is 144 Å². The average Bonchev–Trinajstić information content (AvgIpc) is 3.21. The highest BCUT2D eigenvalue weighted by Crippen LogP contribution is 2.33. The van der Waals surface area contributed by atoms with Crippen molar-refractivity contribution in [2.24, 2.45) is 0 Å². The number of rotatable bonds is 7. The molecule has 0 radical (unpaired) electrons. The van der Waals surface area contributed by atoms with Crippen LogP contribution in [0.4, 0.5) is 5.69 Å². The van der Waals surface area contributed by atoms with Crippen LogP contribution < -0.4 is 0 Å². The van der Waals surface area contributed by atoms with E-state index < -0.39 is 4.92 Å². The lowest BCUT2D eigenvalue weighted by atomic mass is 9.89. The fourth-order valence-electron chi connectivity index (χ4n) is 3.01. The molecule has 3 rings (SSSR count). The molecular formula is C15H20N6O2S. The largest absolute Gasteiger partial charge is 0.307 e. The average molecular weight is 348 g/mol. The zero-order valence-corrected chi connectivity index (χ0v) is 14.2. The molecule has 2 aromatic rings. The topological polar surface area (TPSA) is 91.7 Å². The van der Waals surface area contributed by atoms with Gasteiger partial charge in [0.15, 0.2) is 5.16 Å². The van der Waals surface area contributed by atoms with Gasteiger partial charge in [-0.2, -0.15) is 5.10 Å². The van der Waals surface area contributed by atoms with Crippen LogP contribution in [0, 0.1) is 10.1 Å². The molecule has 0 aromatic carbocycles. The summed E-state index contributed by atoms with van der Waals surface area (Å²) in [5, 5.41) is 24.2. The predicted molar refractivity (Wildman–Crippen MR) is 90.8 cm³/mol. The highest BCUT2D eigenvalue weighted by Gasteiger charge is 2.23. The molecule has 2 aromatic heterocycles. The number of hydrogen-bond acceptors (Lipinski definition) is 6. The van der Waals surface area contributed by atoms with Crippen LogP contribution in [0.3, 0.4) is 0 Å². The van der Waals surface area contributed by atoms with E-state index in [-0.39, 0.29) is 5.69 Å². The van der Waals surface area contributed by atoms with E-state index in [4.69, 9.17) is 0 Å². The predicted octanol–water partition coefficient (Wildman–Crippen LogP) is 3.37. The molecule has 0 N–H and O–H groups in total. The molecule has 8 nitrogen and oxygen atoms in total. The first kappa shape index (κ1) is 16.7. The van der Waals surface area contributed by atoms with Gasteiger partial charge in [-0.1, -0.05) is 37.1 Å². The second-order valence-electron chi connectivity index (χ2n) is 5.84. The van der Waals surface area contributed by atoms with Crippen molar-refractivity contribution >= 4 is 17.4 Å². The highest BCUT2D eigenvalue weighted by molar-refractivity contribution is 7.98. The molecular weight excluding hydrogens is 328 g/mol. The van der Waals surface area contributed by atoms with Crippen molar-refractivity contribution in [3.8, 4) is 0 Å². The molecule has 1 aliphatic rings. The van der Waals surface area contributed by atoms with Crippen molar-refractivity contribution in [1.82, 2.24) is 24.5 Å². The van der Waals surface area contributed by atoms with Gasteiger partial charge in [-0.25, -0.2) is 0 Å². The Balaban J connectivity index is 1.73. The molecule has 24 heavy (non-hydrogen) atoms. The van der Waals surface area contributed by atoms with Gasteiger partial charge in [-0.15, -0.1) is 16.8 Å². The van der Waals surface area contributed by atoms with Crippen LogP contribution in [0.25, 0.3) is 0 Å². The summed E-state index contributed by atoms with van der Waals surface area (Å²) in [6.45, 7) is 4.49. The maximum atomic E-state index is 10.7. The summed E-state index contributed by atoms with van der Waals surface area (Å²) in [7, 11) is 0. The van der Waals surface area contributed by atoms with Crippen molar-refractivity contribution in [3.05, 3.63) is 41.0 Å². The summed E-state index contributed by atoms with van der Waals surface area (Å²) in [5.41, 5.74) is -0.00828. The highest BCUT2D eigenvalue weighted by atomic mass is 32.2. The van der Waals surface area contributed by atoms with Crippen molar-refractivity contribution in [3.63, 3.8) is 0 Å². The lowest BCUT2D eigenvalue weighted by Crippen LogP contribution is -2.12. The van der Waals surface area contributed by atoms with Gasteiger partial charge >= 0.3 is 5.69 Å². The molecule has 0 amide bonds. The Morgan fingerprint density at radius 1 is 1.38 bits per heavy atom. The SMILES string of the molecule is C=CCn1c(SCn2cc([N+](=O)[O-])cn2)nnc1C1CCCCC1. The molecule has 0 aliphatic heterocycles. The fourth-order valence-corrected chi connectivity index (χ4v) is 3.82. The molecule has 0 spiro atoms. The van der Waals surface area contributed by atoms with E-state index in [0.717, 1.165) is 23.8 Å². The Hall–Kier alpha value is -2.16. The molecule has 1 saturated carbocycles. The third kappa shape index (κ3) is 3.66. The Morgan fingerprint density at radius 2 is 2.17 bits per heavy atom.